The summed E-state index contributed by atoms with van der Waals surface area (Å²) in [6.45, 7) is 25.3. The van der Waals surface area contributed by atoms with Gasteiger partial charge < -0.3 is 29.7 Å². The molecule has 3 aliphatic rings. The number of ether oxygens (including phenoxy) is 2. The largest absolute Gasteiger partial charge is 0.508 e. The van der Waals surface area contributed by atoms with Gasteiger partial charge in [-0.05, 0) is 180 Å². The highest BCUT2D eigenvalue weighted by Crippen LogP contribution is 2.29. The summed E-state index contributed by atoms with van der Waals surface area (Å²) >= 11 is 0. The van der Waals surface area contributed by atoms with Gasteiger partial charge in [-0.3, -0.25) is 19.6 Å². The summed E-state index contributed by atoms with van der Waals surface area (Å²) < 4.78 is 15.1. The van der Waals surface area contributed by atoms with Crippen molar-refractivity contribution in [1.29, 1.82) is 0 Å². The molecular formula is C61H92ClN11O5. The van der Waals surface area contributed by atoms with Crippen LogP contribution >= 0.6 is 12.4 Å². The number of carbonyl (C=O) groups is 2. The fraction of sp³-hybridized carbons (Fsp3) is 0.508. The third kappa shape index (κ3) is 18.8. The number of nitrogens with zero attached hydrogens (tertiary/aromatic N) is 8. The van der Waals surface area contributed by atoms with E-state index in [-0.39, 0.29) is 58.2 Å². The van der Waals surface area contributed by atoms with E-state index in [0.29, 0.717) is 25.2 Å². The van der Waals surface area contributed by atoms with Crippen molar-refractivity contribution in [3.8, 4) is 5.75 Å². The Kier molecular flexibility index (Phi) is 25.2. The van der Waals surface area contributed by atoms with Crippen LogP contribution in [0, 0.1) is 19.8 Å². The molecule has 0 unspecified atom stereocenters. The van der Waals surface area contributed by atoms with Gasteiger partial charge in [-0.2, -0.15) is 20.4 Å². The molecule has 0 spiro atoms. The van der Waals surface area contributed by atoms with Gasteiger partial charge in [0, 0.05) is 47.7 Å². The zero-order chi connectivity index (χ0) is 53.0. The SMILES string of the molecule is C.C.C.CC1CCN(C(=O)OC(C)(C)C)CC1.CCc1ccc2c(cnn2C2CCNCC2)c1.Cc1ccc2[nH]ncc2c1.Cc1ccc2c(cnn2C2CCN(C(=O)OC(C)(C)C)CC2)c1.Cl.Oc1ccc2[nH]ncc2c1. The van der Waals surface area contributed by atoms with Crippen LogP contribution in [0.15, 0.2) is 97.6 Å². The number of fused-ring (bicyclic) bond motifs is 4. The van der Waals surface area contributed by atoms with E-state index < -0.39 is 5.60 Å². The molecule has 3 saturated heterocycles. The molecule has 7 heterocycles. The second-order valence-electron chi connectivity index (χ2n) is 21.9. The van der Waals surface area contributed by atoms with E-state index in [2.05, 4.69) is 121 Å². The monoisotopic (exact) mass is 1090 g/mol. The maximum atomic E-state index is 12.1. The van der Waals surface area contributed by atoms with Crippen molar-refractivity contribution in [3.63, 3.8) is 0 Å². The van der Waals surface area contributed by atoms with Crippen molar-refractivity contribution in [3.05, 3.63) is 114 Å². The first-order chi connectivity index (χ1) is 35.3. The van der Waals surface area contributed by atoms with E-state index in [9.17, 15) is 9.59 Å². The zero-order valence-electron chi connectivity index (χ0n) is 45.7. The van der Waals surface area contributed by atoms with Gasteiger partial charge in [0.25, 0.3) is 0 Å². The van der Waals surface area contributed by atoms with Crippen LogP contribution in [0.4, 0.5) is 9.59 Å². The number of benzene rings is 4. The molecule has 0 bridgehead atoms. The average molecular weight is 1090 g/mol. The number of nitrogens with one attached hydrogen (secondary N) is 3. The van der Waals surface area contributed by atoms with Crippen molar-refractivity contribution in [2.45, 2.75) is 160 Å². The Balaban J connectivity index is 0.000000262. The number of hydrogen-bond donors (Lipinski definition) is 4. The van der Waals surface area contributed by atoms with Crippen LogP contribution in [-0.2, 0) is 15.9 Å². The number of rotatable bonds is 3. The Morgan fingerprint density at radius 3 is 1.54 bits per heavy atom. The molecule has 0 saturated carbocycles. The number of H-pyrrole nitrogens is 2. The van der Waals surface area contributed by atoms with Gasteiger partial charge in [0.05, 0.1) is 58.9 Å². The molecule has 2 amide bonds. The van der Waals surface area contributed by atoms with Gasteiger partial charge in [0.2, 0.25) is 0 Å². The second kappa shape index (κ2) is 29.9. The predicted octanol–water partition coefficient (Wildman–Crippen LogP) is 14.6. The molecule has 4 aromatic heterocycles. The summed E-state index contributed by atoms with van der Waals surface area (Å²) in [6, 6.07) is 25.3. The smallest absolute Gasteiger partial charge is 0.410 e. The lowest BCUT2D eigenvalue weighted by Crippen LogP contribution is -2.42. The Bertz CT molecular complexity index is 2980. The maximum absolute atomic E-state index is 12.1. The summed E-state index contributed by atoms with van der Waals surface area (Å²) in [6.07, 6.45) is 14.6. The van der Waals surface area contributed by atoms with E-state index in [1.807, 2.05) is 71.1 Å². The van der Waals surface area contributed by atoms with E-state index in [1.165, 1.54) is 56.7 Å². The molecular weight excluding hydrogens is 1000 g/mol. The molecule has 4 aromatic carbocycles. The molecule has 16 nitrogen and oxygen atoms in total. The van der Waals surface area contributed by atoms with Crippen LogP contribution in [-0.4, -0.2) is 118 Å². The molecule has 4 N–H and O–H groups in total. The van der Waals surface area contributed by atoms with Gasteiger partial charge in [-0.25, -0.2) is 9.59 Å². The lowest BCUT2D eigenvalue weighted by molar-refractivity contribution is 0.0177. The Morgan fingerprint density at radius 1 is 0.590 bits per heavy atom. The minimum Gasteiger partial charge on any atom is -0.508 e. The molecule has 17 heteroatoms. The van der Waals surface area contributed by atoms with Gasteiger partial charge >= 0.3 is 12.2 Å². The summed E-state index contributed by atoms with van der Waals surface area (Å²) in [5.41, 5.74) is 7.60. The predicted molar refractivity (Wildman–Crippen MR) is 323 cm³/mol. The van der Waals surface area contributed by atoms with Crippen molar-refractivity contribution < 1.29 is 24.2 Å². The number of halogens is 1. The van der Waals surface area contributed by atoms with Gasteiger partial charge in [0.1, 0.15) is 17.0 Å². The lowest BCUT2D eigenvalue weighted by atomic mass is 10.00. The van der Waals surface area contributed by atoms with E-state index in [1.54, 1.807) is 29.3 Å². The highest BCUT2D eigenvalue weighted by molar-refractivity contribution is 5.85. The zero-order valence-corrected chi connectivity index (χ0v) is 46.5. The number of likely N-dealkylation sites (tertiary alicyclic amines) is 2. The molecule has 8 aromatic rings. The number of aromatic hydroxyl groups is 1. The van der Waals surface area contributed by atoms with Crippen molar-refractivity contribution in [2.75, 3.05) is 39.3 Å². The second-order valence-corrected chi connectivity index (χ2v) is 21.9. The number of aromatic nitrogens is 8. The van der Waals surface area contributed by atoms with Crippen LogP contribution in [0.1, 0.15) is 145 Å². The van der Waals surface area contributed by atoms with Crippen molar-refractivity contribution >= 4 is 68.2 Å². The van der Waals surface area contributed by atoms with Gasteiger partial charge in [0.15, 0.2) is 0 Å². The maximum Gasteiger partial charge on any atom is 0.410 e. The first-order valence-electron chi connectivity index (χ1n) is 26.4. The molecule has 3 fully saturated rings. The number of aryl methyl sites for hydroxylation is 3. The van der Waals surface area contributed by atoms with Crippen LogP contribution in [0.3, 0.4) is 0 Å². The number of piperidine rings is 3. The Morgan fingerprint density at radius 2 is 1.03 bits per heavy atom. The van der Waals surface area contributed by atoms with Crippen LogP contribution in [0.5, 0.6) is 5.75 Å². The summed E-state index contributed by atoms with van der Waals surface area (Å²) in [5, 5.41) is 39.5. The molecule has 428 valence electrons. The number of phenolic OH excluding ortho intramolecular Hbond substituents is 1. The third-order valence-corrected chi connectivity index (χ3v) is 13.4. The van der Waals surface area contributed by atoms with E-state index in [0.717, 1.165) is 80.6 Å². The van der Waals surface area contributed by atoms with Gasteiger partial charge in [-0.15, -0.1) is 12.4 Å². The quantitative estimate of drug-likeness (QED) is 0.133. The Hall–Kier alpha value is -6.65. The van der Waals surface area contributed by atoms with E-state index in [4.69, 9.17) is 14.6 Å². The normalized spacial score (nSPS) is 15.0. The summed E-state index contributed by atoms with van der Waals surface area (Å²) in [5.74, 6) is 1.02. The first kappa shape index (κ1) is 65.6. The number of phenols is 1. The molecule has 0 radical (unpaired) electrons. The summed E-state index contributed by atoms with van der Waals surface area (Å²) in [7, 11) is 0. The molecule has 3 aliphatic heterocycles. The molecule has 78 heavy (non-hydrogen) atoms. The topological polar surface area (TPSA) is 184 Å². The highest BCUT2D eigenvalue weighted by Gasteiger charge is 2.29. The molecule has 0 atom stereocenters. The van der Waals surface area contributed by atoms with Crippen LogP contribution in [0.2, 0.25) is 0 Å². The molecule has 0 aliphatic carbocycles. The number of aromatic amines is 2. The number of carbonyl (C=O) groups excluding carboxylic acids is 2. The van der Waals surface area contributed by atoms with Crippen molar-refractivity contribution in [1.82, 2.24) is 55.1 Å². The standard InChI is InChI=1S/C18H25N3O2.C14H19N3.C11H21NO2.C8H8N2.C7H6N2O.3CH4.ClH/c1-13-5-6-16-14(11-13)12-19-21(16)15-7-9-20(10-8-15)17(22)23-18(2,3)4;1-2-11-3-4-14-12(9-11)10-16-17(14)13-5-7-15-8-6-13;1-9-5-7-12(8-6-9)10(13)14-11(2,3)4;1-6-2-3-8-7(4-6)5-9-10-8;10-6-1-2-7-5(3-6)4-8-9-7;;;;/h5-6,11-12,15H,7-10H2,1-4H3;3-4,9-10,13,15H,2,5-8H2,1H3;9H,5-8H2,1-4H3;2-5H,1H3,(H,9,10);1-4,10H,(H,8,9);3*1H4;1H. The highest BCUT2D eigenvalue weighted by atomic mass is 35.5. The minimum atomic E-state index is -0.440. The Labute approximate surface area is 470 Å². The first-order valence-corrected chi connectivity index (χ1v) is 26.4. The molecule has 11 rings (SSSR count). The fourth-order valence-electron chi connectivity index (χ4n) is 9.26. The number of hydrogen-bond acceptors (Lipinski definition) is 10. The van der Waals surface area contributed by atoms with Crippen LogP contribution < -0.4 is 5.32 Å². The minimum absolute atomic E-state index is 0. The van der Waals surface area contributed by atoms with Crippen LogP contribution in [0.25, 0.3) is 43.6 Å². The fourth-order valence-corrected chi connectivity index (χ4v) is 9.26. The van der Waals surface area contributed by atoms with E-state index >= 15 is 0 Å². The average Bonchev–Trinajstić information content (AvgIpc) is 4.21. The number of amides is 2. The van der Waals surface area contributed by atoms with Crippen molar-refractivity contribution in [2.24, 2.45) is 5.92 Å². The summed E-state index contributed by atoms with van der Waals surface area (Å²) in [4.78, 5) is 27.4. The van der Waals surface area contributed by atoms with Gasteiger partial charge in [-0.1, -0.05) is 65.5 Å². The lowest BCUT2D eigenvalue weighted by Gasteiger charge is -2.33. The third-order valence-electron chi connectivity index (χ3n) is 13.4.